The Labute approximate surface area is 167 Å². The Balaban J connectivity index is 1.70. The molecule has 27 heavy (non-hydrogen) atoms. The van der Waals surface area contributed by atoms with Crippen LogP contribution in [0.25, 0.3) is 0 Å². The number of hydrogen-bond acceptors (Lipinski definition) is 7. The molecule has 1 aliphatic rings. The minimum Gasteiger partial charge on any atom is -0.440 e. The number of hydrogen-bond donors (Lipinski definition) is 1. The van der Waals surface area contributed by atoms with E-state index in [1.165, 1.54) is 11.8 Å². The van der Waals surface area contributed by atoms with Gasteiger partial charge in [-0.05, 0) is 44.2 Å². The molecule has 7 nitrogen and oxygen atoms in total. The van der Waals surface area contributed by atoms with Crippen molar-refractivity contribution in [3.63, 3.8) is 0 Å². The van der Waals surface area contributed by atoms with Crippen LogP contribution >= 0.6 is 23.4 Å². The van der Waals surface area contributed by atoms with Gasteiger partial charge in [0.1, 0.15) is 0 Å². The van der Waals surface area contributed by atoms with Gasteiger partial charge in [0.15, 0.2) is 5.16 Å². The second-order valence-electron chi connectivity index (χ2n) is 6.02. The van der Waals surface area contributed by atoms with Crippen LogP contribution in [0.15, 0.2) is 17.6 Å². The van der Waals surface area contributed by atoms with Crippen LogP contribution < -0.4 is 10.1 Å². The Kier molecular flexibility index (Phi) is 6.73. The van der Waals surface area contributed by atoms with Crippen molar-refractivity contribution in [2.45, 2.75) is 44.0 Å². The van der Waals surface area contributed by atoms with Gasteiger partial charge in [-0.3, -0.25) is 4.98 Å². The molecule has 2 aromatic heterocycles. The minimum absolute atomic E-state index is 0.186. The van der Waals surface area contributed by atoms with Crippen LogP contribution in [-0.2, 0) is 23.3 Å². The Morgan fingerprint density at radius 2 is 2.19 bits per heavy atom. The van der Waals surface area contributed by atoms with Crippen molar-refractivity contribution < 1.29 is 14.3 Å². The number of rotatable bonds is 7. The Hall–Kier alpha value is -2.06. The van der Waals surface area contributed by atoms with E-state index in [2.05, 4.69) is 20.3 Å². The molecule has 0 atom stereocenters. The Morgan fingerprint density at radius 1 is 1.33 bits per heavy atom. The normalized spacial score (nSPS) is 12.6. The SMILES string of the molecule is CCNC(=O)OCOc1nc(SCc2c(C)cncc2Cl)nc2c1CCC2. The lowest BCUT2D eigenvalue weighted by molar-refractivity contribution is 0.0560. The molecule has 144 valence electrons. The van der Waals surface area contributed by atoms with E-state index in [0.717, 1.165) is 41.6 Å². The number of nitrogens with zero attached hydrogens (tertiary/aromatic N) is 3. The molecule has 0 spiro atoms. The third-order valence-electron chi connectivity index (χ3n) is 4.15. The van der Waals surface area contributed by atoms with Crippen LogP contribution in [-0.4, -0.2) is 34.4 Å². The van der Waals surface area contributed by atoms with Gasteiger partial charge in [-0.25, -0.2) is 9.78 Å². The van der Waals surface area contributed by atoms with Crippen LogP contribution in [0, 0.1) is 6.92 Å². The molecule has 1 aliphatic carbocycles. The first-order chi connectivity index (χ1) is 13.1. The molecule has 1 N–H and O–H groups in total. The summed E-state index contributed by atoms with van der Waals surface area (Å²) in [6.45, 7) is 4.11. The summed E-state index contributed by atoms with van der Waals surface area (Å²) in [5.74, 6) is 1.13. The Bertz CT molecular complexity index is 814. The zero-order valence-electron chi connectivity index (χ0n) is 15.2. The van der Waals surface area contributed by atoms with E-state index in [0.29, 0.717) is 28.4 Å². The molecule has 0 unspecified atom stereocenters. The summed E-state index contributed by atoms with van der Waals surface area (Å²) in [7, 11) is 0. The summed E-state index contributed by atoms with van der Waals surface area (Å²) in [5.41, 5.74) is 4.04. The summed E-state index contributed by atoms with van der Waals surface area (Å²) in [6.07, 6.45) is 5.70. The molecule has 0 fully saturated rings. The fraction of sp³-hybridized carbons (Fsp3) is 0.444. The number of nitrogens with one attached hydrogen (secondary N) is 1. The highest BCUT2D eigenvalue weighted by Crippen LogP contribution is 2.32. The quantitative estimate of drug-likeness (QED) is 0.424. The van der Waals surface area contributed by atoms with Gasteiger partial charge in [0, 0.05) is 30.3 Å². The lowest BCUT2D eigenvalue weighted by atomic mass is 10.2. The molecule has 0 saturated heterocycles. The number of pyridine rings is 1. The number of halogens is 1. The van der Waals surface area contributed by atoms with Crippen molar-refractivity contribution in [1.29, 1.82) is 0 Å². The van der Waals surface area contributed by atoms with Gasteiger partial charge in [0.2, 0.25) is 12.7 Å². The predicted octanol–water partition coefficient (Wildman–Crippen LogP) is 3.70. The lowest BCUT2D eigenvalue weighted by Crippen LogP contribution is -2.25. The Morgan fingerprint density at radius 3 is 2.96 bits per heavy atom. The van der Waals surface area contributed by atoms with Gasteiger partial charge in [0.25, 0.3) is 0 Å². The van der Waals surface area contributed by atoms with Crippen molar-refractivity contribution in [3.8, 4) is 5.88 Å². The van der Waals surface area contributed by atoms with E-state index in [1.54, 1.807) is 12.4 Å². The summed E-state index contributed by atoms with van der Waals surface area (Å²) in [5, 5.41) is 3.80. The monoisotopic (exact) mass is 408 g/mol. The number of carbonyl (C=O) groups excluding carboxylic acids is 1. The van der Waals surface area contributed by atoms with Gasteiger partial charge in [-0.1, -0.05) is 23.4 Å². The van der Waals surface area contributed by atoms with Gasteiger partial charge < -0.3 is 14.8 Å². The number of aryl methyl sites for hydroxylation is 2. The minimum atomic E-state index is -0.513. The molecule has 9 heteroatoms. The topological polar surface area (TPSA) is 86.2 Å². The fourth-order valence-electron chi connectivity index (χ4n) is 2.77. The molecule has 2 heterocycles. The van der Waals surface area contributed by atoms with Crippen molar-refractivity contribution in [2.75, 3.05) is 13.3 Å². The molecule has 0 saturated carbocycles. The fourth-order valence-corrected chi connectivity index (χ4v) is 4.10. The lowest BCUT2D eigenvalue weighted by Gasteiger charge is -2.12. The summed E-state index contributed by atoms with van der Waals surface area (Å²) in [6, 6.07) is 0. The second-order valence-corrected chi connectivity index (χ2v) is 7.37. The van der Waals surface area contributed by atoms with E-state index in [9.17, 15) is 4.79 Å². The summed E-state index contributed by atoms with van der Waals surface area (Å²) < 4.78 is 10.6. The highest BCUT2D eigenvalue weighted by Gasteiger charge is 2.21. The number of carbonyl (C=O) groups is 1. The van der Waals surface area contributed by atoms with Crippen LogP contribution in [0.4, 0.5) is 4.79 Å². The van der Waals surface area contributed by atoms with Crippen molar-refractivity contribution in [3.05, 3.63) is 39.8 Å². The van der Waals surface area contributed by atoms with E-state index in [-0.39, 0.29) is 6.79 Å². The van der Waals surface area contributed by atoms with E-state index in [4.69, 9.17) is 21.1 Å². The first kappa shape index (κ1) is 19.7. The summed E-state index contributed by atoms with van der Waals surface area (Å²) in [4.78, 5) is 24.6. The molecular weight excluding hydrogens is 388 g/mol. The van der Waals surface area contributed by atoms with E-state index >= 15 is 0 Å². The zero-order valence-corrected chi connectivity index (χ0v) is 16.8. The summed E-state index contributed by atoms with van der Waals surface area (Å²) >= 11 is 7.74. The molecule has 0 radical (unpaired) electrons. The number of ether oxygens (including phenoxy) is 2. The third-order valence-corrected chi connectivity index (χ3v) is 5.35. The van der Waals surface area contributed by atoms with Gasteiger partial charge in [-0.2, -0.15) is 4.98 Å². The molecule has 0 bridgehead atoms. The largest absolute Gasteiger partial charge is 0.440 e. The molecule has 0 aliphatic heterocycles. The van der Waals surface area contributed by atoms with E-state index in [1.807, 2.05) is 13.8 Å². The average molecular weight is 409 g/mol. The molecule has 2 aromatic rings. The van der Waals surface area contributed by atoms with Crippen LogP contribution in [0.1, 0.15) is 35.7 Å². The van der Waals surface area contributed by atoms with Crippen molar-refractivity contribution >= 4 is 29.5 Å². The van der Waals surface area contributed by atoms with E-state index < -0.39 is 6.09 Å². The third kappa shape index (κ3) is 5.01. The zero-order chi connectivity index (χ0) is 19.2. The smallest absolute Gasteiger partial charge is 0.410 e. The number of amides is 1. The molecule has 0 aromatic carbocycles. The maximum absolute atomic E-state index is 11.4. The van der Waals surface area contributed by atoms with Crippen LogP contribution in [0.3, 0.4) is 0 Å². The van der Waals surface area contributed by atoms with Crippen molar-refractivity contribution in [2.24, 2.45) is 0 Å². The number of thioether (sulfide) groups is 1. The molecule has 3 rings (SSSR count). The number of alkyl carbamates (subject to hydrolysis) is 1. The van der Waals surface area contributed by atoms with Gasteiger partial charge >= 0.3 is 6.09 Å². The van der Waals surface area contributed by atoms with Gasteiger partial charge in [0.05, 0.1) is 10.7 Å². The first-order valence-corrected chi connectivity index (χ1v) is 10.1. The predicted molar refractivity (Wildman–Crippen MR) is 103 cm³/mol. The molecular formula is C18H21ClN4O3S. The maximum Gasteiger partial charge on any atom is 0.410 e. The number of fused-ring (bicyclic) bond motifs is 1. The second kappa shape index (κ2) is 9.23. The van der Waals surface area contributed by atoms with Gasteiger partial charge in [-0.15, -0.1) is 0 Å². The highest BCUT2D eigenvalue weighted by atomic mass is 35.5. The van der Waals surface area contributed by atoms with Crippen molar-refractivity contribution in [1.82, 2.24) is 20.3 Å². The average Bonchev–Trinajstić information content (AvgIpc) is 3.10. The van der Waals surface area contributed by atoms with Crippen LogP contribution in [0.5, 0.6) is 5.88 Å². The molecule has 1 amide bonds. The number of aromatic nitrogens is 3. The highest BCUT2D eigenvalue weighted by molar-refractivity contribution is 7.98. The van der Waals surface area contributed by atoms with Crippen LogP contribution in [0.2, 0.25) is 5.02 Å². The first-order valence-electron chi connectivity index (χ1n) is 8.73. The standard InChI is InChI=1S/C18H21ClN4O3S/c1-3-21-18(24)26-10-25-16-12-5-4-6-15(12)22-17(23-16)27-9-13-11(2)7-20-8-14(13)19/h7-8H,3-6,9-10H2,1-2H3,(H,21,24). The maximum atomic E-state index is 11.4.